The van der Waals surface area contributed by atoms with E-state index in [1.807, 2.05) is 31.2 Å². The molecule has 1 aliphatic rings. The number of nitrogens with zero attached hydrogens (tertiary/aromatic N) is 2. The fraction of sp³-hybridized carbons (Fsp3) is 0.438. The summed E-state index contributed by atoms with van der Waals surface area (Å²) in [6.45, 7) is 8.06. The van der Waals surface area contributed by atoms with Crippen LogP contribution in [0.3, 0.4) is 0 Å². The summed E-state index contributed by atoms with van der Waals surface area (Å²) in [4.78, 5) is 15.6. The van der Waals surface area contributed by atoms with E-state index in [1.54, 1.807) is 6.92 Å². The zero-order chi connectivity index (χ0) is 15.4. The number of carbonyl (C=O) groups is 1. The molecule has 0 saturated carbocycles. The molecule has 0 radical (unpaired) electrons. The van der Waals surface area contributed by atoms with E-state index in [-0.39, 0.29) is 0 Å². The second-order valence-corrected chi connectivity index (χ2v) is 5.89. The first kappa shape index (κ1) is 15.9. The van der Waals surface area contributed by atoms with Crippen molar-refractivity contribution in [1.82, 2.24) is 4.90 Å². The number of carboxylic acids is 1. The lowest BCUT2D eigenvalue weighted by molar-refractivity contribution is -0.132. The molecule has 4 nitrogen and oxygen atoms in total. The standard InChI is InChI=1S/C16H21ClN2O2/c1-12(13(2)16(20)21)11-18-7-9-19(10-8-18)15-5-3-14(17)4-6-15/h3-6H,7-11H2,1-2H3,(H,20,21)/b13-12-. The predicted octanol–water partition coefficient (Wildman–Crippen LogP) is 2.88. The van der Waals surface area contributed by atoms with Gasteiger partial charge in [0.25, 0.3) is 0 Å². The lowest BCUT2D eigenvalue weighted by atomic mass is 10.1. The van der Waals surface area contributed by atoms with Gasteiger partial charge in [-0.2, -0.15) is 0 Å². The van der Waals surface area contributed by atoms with Crippen LogP contribution in [-0.2, 0) is 4.79 Å². The van der Waals surface area contributed by atoms with Crippen LogP contribution in [0.15, 0.2) is 35.4 Å². The zero-order valence-corrected chi connectivity index (χ0v) is 13.2. The molecule has 0 spiro atoms. The molecule has 0 atom stereocenters. The maximum absolute atomic E-state index is 11.0. The van der Waals surface area contributed by atoms with Gasteiger partial charge in [-0.05, 0) is 43.7 Å². The molecule has 1 aromatic rings. The lowest BCUT2D eigenvalue weighted by Crippen LogP contribution is -2.46. The highest BCUT2D eigenvalue weighted by Crippen LogP contribution is 2.19. The van der Waals surface area contributed by atoms with E-state index >= 15 is 0 Å². The van der Waals surface area contributed by atoms with Crippen molar-refractivity contribution in [2.75, 3.05) is 37.6 Å². The van der Waals surface area contributed by atoms with Crippen LogP contribution in [0.2, 0.25) is 5.02 Å². The Kier molecular flexibility index (Phi) is 5.26. The Hall–Kier alpha value is -1.52. The fourth-order valence-electron chi connectivity index (χ4n) is 2.45. The molecule has 1 N–H and O–H groups in total. The largest absolute Gasteiger partial charge is 0.478 e. The van der Waals surface area contributed by atoms with Crippen LogP contribution in [0.25, 0.3) is 0 Å². The van der Waals surface area contributed by atoms with Crippen molar-refractivity contribution in [3.8, 4) is 0 Å². The van der Waals surface area contributed by atoms with Crippen LogP contribution in [0.4, 0.5) is 5.69 Å². The molecule has 0 bridgehead atoms. The molecule has 0 aromatic heterocycles. The van der Waals surface area contributed by atoms with E-state index in [4.69, 9.17) is 16.7 Å². The molecule has 1 aromatic carbocycles. The van der Waals surface area contributed by atoms with Gasteiger partial charge in [-0.15, -0.1) is 0 Å². The number of benzene rings is 1. The summed E-state index contributed by atoms with van der Waals surface area (Å²) >= 11 is 5.91. The molecule has 1 fully saturated rings. The Morgan fingerprint density at radius 1 is 1.14 bits per heavy atom. The zero-order valence-electron chi connectivity index (χ0n) is 12.5. The van der Waals surface area contributed by atoms with Gasteiger partial charge in [-0.1, -0.05) is 11.6 Å². The second kappa shape index (κ2) is 6.96. The minimum atomic E-state index is -0.827. The van der Waals surface area contributed by atoms with Crippen molar-refractivity contribution in [2.24, 2.45) is 0 Å². The van der Waals surface area contributed by atoms with Gasteiger partial charge in [0.15, 0.2) is 0 Å². The molecule has 0 aliphatic carbocycles. The first-order chi connectivity index (χ1) is 9.97. The third-order valence-corrected chi connectivity index (χ3v) is 4.24. The Balaban J connectivity index is 1.90. The lowest BCUT2D eigenvalue weighted by Gasteiger charge is -2.36. The summed E-state index contributed by atoms with van der Waals surface area (Å²) in [5, 5.41) is 9.75. The van der Waals surface area contributed by atoms with E-state index in [0.29, 0.717) is 5.57 Å². The molecule has 5 heteroatoms. The van der Waals surface area contributed by atoms with Gasteiger partial charge in [0.1, 0.15) is 0 Å². The molecule has 1 heterocycles. The number of halogens is 1. The summed E-state index contributed by atoms with van der Waals surface area (Å²) in [6.07, 6.45) is 0. The van der Waals surface area contributed by atoms with E-state index in [1.165, 1.54) is 5.69 Å². The first-order valence-electron chi connectivity index (χ1n) is 7.10. The van der Waals surface area contributed by atoms with E-state index in [2.05, 4.69) is 9.80 Å². The highest BCUT2D eigenvalue weighted by Gasteiger charge is 2.18. The van der Waals surface area contributed by atoms with Gasteiger partial charge in [0.05, 0.1) is 0 Å². The van der Waals surface area contributed by atoms with Crippen LogP contribution in [0.5, 0.6) is 0 Å². The number of hydrogen-bond donors (Lipinski definition) is 1. The molecule has 2 rings (SSSR count). The van der Waals surface area contributed by atoms with Crippen LogP contribution in [-0.4, -0.2) is 48.7 Å². The van der Waals surface area contributed by atoms with Gasteiger partial charge >= 0.3 is 5.97 Å². The normalized spacial score (nSPS) is 17.6. The third-order valence-electron chi connectivity index (χ3n) is 3.99. The van der Waals surface area contributed by atoms with Gasteiger partial charge in [-0.25, -0.2) is 4.79 Å². The third kappa shape index (κ3) is 4.22. The Labute approximate surface area is 130 Å². The maximum Gasteiger partial charge on any atom is 0.331 e. The summed E-state index contributed by atoms with van der Waals surface area (Å²) in [5.41, 5.74) is 2.57. The van der Waals surface area contributed by atoms with Crippen molar-refractivity contribution in [3.05, 3.63) is 40.4 Å². The fourth-order valence-corrected chi connectivity index (χ4v) is 2.58. The minimum Gasteiger partial charge on any atom is -0.478 e. The molecule has 114 valence electrons. The monoisotopic (exact) mass is 308 g/mol. The first-order valence-corrected chi connectivity index (χ1v) is 7.47. The van der Waals surface area contributed by atoms with Crippen molar-refractivity contribution >= 4 is 23.3 Å². The number of hydrogen-bond acceptors (Lipinski definition) is 3. The van der Waals surface area contributed by atoms with Crippen molar-refractivity contribution in [2.45, 2.75) is 13.8 Å². The molecular formula is C16H21ClN2O2. The van der Waals surface area contributed by atoms with Gasteiger partial charge in [-0.3, -0.25) is 4.90 Å². The average molecular weight is 309 g/mol. The van der Waals surface area contributed by atoms with E-state index in [0.717, 1.165) is 43.3 Å². The van der Waals surface area contributed by atoms with E-state index in [9.17, 15) is 4.79 Å². The van der Waals surface area contributed by atoms with Gasteiger partial charge in [0.2, 0.25) is 0 Å². The van der Waals surface area contributed by atoms with Crippen LogP contribution < -0.4 is 4.90 Å². The van der Waals surface area contributed by atoms with Crippen molar-refractivity contribution in [1.29, 1.82) is 0 Å². The summed E-state index contributed by atoms with van der Waals surface area (Å²) in [7, 11) is 0. The summed E-state index contributed by atoms with van der Waals surface area (Å²) in [6, 6.07) is 7.90. The molecule has 1 saturated heterocycles. The van der Waals surface area contributed by atoms with Crippen LogP contribution in [0, 0.1) is 0 Å². The minimum absolute atomic E-state index is 0.454. The topological polar surface area (TPSA) is 43.8 Å². The van der Waals surface area contributed by atoms with E-state index < -0.39 is 5.97 Å². The van der Waals surface area contributed by atoms with Crippen molar-refractivity contribution < 1.29 is 9.90 Å². The Morgan fingerprint density at radius 2 is 1.71 bits per heavy atom. The highest BCUT2D eigenvalue weighted by molar-refractivity contribution is 6.30. The van der Waals surface area contributed by atoms with Gasteiger partial charge < -0.3 is 10.0 Å². The molecule has 1 aliphatic heterocycles. The highest BCUT2D eigenvalue weighted by atomic mass is 35.5. The van der Waals surface area contributed by atoms with Crippen LogP contribution in [0.1, 0.15) is 13.8 Å². The summed E-state index contributed by atoms with van der Waals surface area (Å²) < 4.78 is 0. The maximum atomic E-state index is 11.0. The molecule has 0 amide bonds. The number of aliphatic carboxylic acids is 1. The Morgan fingerprint density at radius 3 is 2.24 bits per heavy atom. The molecular weight excluding hydrogens is 288 g/mol. The summed E-state index contributed by atoms with van der Waals surface area (Å²) in [5.74, 6) is -0.827. The van der Waals surface area contributed by atoms with Crippen LogP contribution >= 0.6 is 11.6 Å². The second-order valence-electron chi connectivity index (χ2n) is 5.45. The SMILES string of the molecule is C/C(CN1CCN(c2ccc(Cl)cc2)CC1)=C(\C)C(=O)O. The number of rotatable bonds is 4. The van der Waals surface area contributed by atoms with Crippen molar-refractivity contribution in [3.63, 3.8) is 0 Å². The van der Waals surface area contributed by atoms with Gasteiger partial charge in [0, 0.05) is 49.0 Å². The Bertz CT molecular complexity index is 532. The smallest absolute Gasteiger partial charge is 0.331 e. The number of carboxylic acid groups (broad SMARTS) is 1. The molecule has 0 unspecified atom stereocenters. The number of anilines is 1. The molecule has 21 heavy (non-hydrogen) atoms. The quantitative estimate of drug-likeness (QED) is 0.869. The number of piperazine rings is 1. The average Bonchev–Trinajstić information content (AvgIpc) is 2.48. The predicted molar refractivity (Wildman–Crippen MR) is 86.1 cm³/mol.